The van der Waals surface area contributed by atoms with Crippen LogP contribution in [0, 0.1) is 5.92 Å². The standard InChI is InChI=1S/C11H22N2O2.ClH/c1-3-15-7-5-11(14)13-6-4-10(12)9(2)8-13;/h9-10H,3-8,12H2,1-2H3;1H. The van der Waals surface area contributed by atoms with Crippen LogP contribution in [0.4, 0.5) is 0 Å². The number of nitrogens with zero attached hydrogens (tertiary/aromatic N) is 1. The number of rotatable bonds is 4. The van der Waals surface area contributed by atoms with Crippen molar-refractivity contribution in [3.05, 3.63) is 0 Å². The van der Waals surface area contributed by atoms with Crippen molar-refractivity contribution in [1.29, 1.82) is 0 Å². The molecule has 0 aromatic rings. The van der Waals surface area contributed by atoms with Crippen LogP contribution < -0.4 is 5.73 Å². The van der Waals surface area contributed by atoms with Crippen LogP contribution in [0.1, 0.15) is 26.7 Å². The molecule has 2 atom stereocenters. The highest BCUT2D eigenvalue weighted by Crippen LogP contribution is 2.15. The van der Waals surface area contributed by atoms with Gasteiger partial charge in [0, 0.05) is 25.7 Å². The van der Waals surface area contributed by atoms with Gasteiger partial charge in [-0.25, -0.2) is 0 Å². The van der Waals surface area contributed by atoms with Crippen molar-refractivity contribution in [2.45, 2.75) is 32.7 Å². The van der Waals surface area contributed by atoms with Gasteiger partial charge in [-0.3, -0.25) is 4.79 Å². The highest BCUT2D eigenvalue weighted by molar-refractivity contribution is 5.85. The molecule has 2 unspecified atom stereocenters. The third-order valence-corrected chi connectivity index (χ3v) is 2.99. The minimum atomic E-state index is 0. The number of ether oxygens (including phenoxy) is 1. The molecule has 1 aliphatic heterocycles. The lowest BCUT2D eigenvalue weighted by Gasteiger charge is -2.35. The first-order valence-corrected chi connectivity index (χ1v) is 5.76. The normalized spacial score (nSPS) is 25.1. The molecule has 1 amide bonds. The van der Waals surface area contributed by atoms with Crippen molar-refractivity contribution in [1.82, 2.24) is 4.90 Å². The summed E-state index contributed by atoms with van der Waals surface area (Å²) in [5.41, 5.74) is 5.90. The predicted octanol–water partition coefficient (Wildman–Crippen LogP) is 1.03. The molecule has 0 aromatic heterocycles. The second kappa shape index (κ2) is 7.87. The monoisotopic (exact) mass is 250 g/mol. The van der Waals surface area contributed by atoms with Gasteiger partial charge in [0.1, 0.15) is 0 Å². The van der Waals surface area contributed by atoms with E-state index in [0.717, 1.165) is 19.5 Å². The molecule has 0 aliphatic carbocycles. The smallest absolute Gasteiger partial charge is 0.224 e. The molecule has 1 heterocycles. The summed E-state index contributed by atoms with van der Waals surface area (Å²) in [6, 6.07) is 0.251. The van der Waals surface area contributed by atoms with Gasteiger partial charge in [0.05, 0.1) is 13.0 Å². The van der Waals surface area contributed by atoms with Crippen LogP contribution in [0.25, 0.3) is 0 Å². The first-order chi connectivity index (χ1) is 7.15. The summed E-state index contributed by atoms with van der Waals surface area (Å²) in [7, 11) is 0. The Kier molecular flexibility index (Phi) is 7.72. The Morgan fingerprint density at radius 1 is 1.56 bits per heavy atom. The number of carbonyl (C=O) groups excluding carboxylic acids is 1. The summed E-state index contributed by atoms with van der Waals surface area (Å²) >= 11 is 0. The molecule has 16 heavy (non-hydrogen) atoms. The molecule has 0 saturated carbocycles. The minimum absolute atomic E-state index is 0. The molecular weight excluding hydrogens is 228 g/mol. The fourth-order valence-corrected chi connectivity index (χ4v) is 1.85. The summed E-state index contributed by atoms with van der Waals surface area (Å²) in [5.74, 6) is 0.608. The van der Waals surface area contributed by atoms with E-state index in [9.17, 15) is 4.79 Å². The molecule has 0 bridgehead atoms. The van der Waals surface area contributed by atoms with Crippen molar-refractivity contribution >= 4 is 18.3 Å². The molecule has 1 rings (SSSR count). The average molecular weight is 251 g/mol. The number of hydrogen-bond donors (Lipinski definition) is 1. The van der Waals surface area contributed by atoms with Gasteiger partial charge in [0.25, 0.3) is 0 Å². The maximum Gasteiger partial charge on any atom is 0.224 e. The first kappa shape index (κ1) is 15.7. The highest BCUT2D eigenvalue weighted by Gasteiger charge is 2.25. The van der Waals surface area contributed by atoms with Crippen LogP contribution in [0.15, 0.2) is 0 Å². The number of piperidine rings is 1. The zero-order valence-electron chi connectivity index (χ0n) is 10.1. The number of amides is 1. The van der Waals surface area contributed by atoms with Crippen molar-refractivity contribution in [3.63, 3.8) is 0 Å². The second-order valence-corrected chi connectivity index (χ2v) is 4.22. The van der Waals surface area contributed by atoms with Crippen LogP contribution >= 0.6 is 12.4 Å². The van der Waals surface area contributed by atoms with Crippen LogP contribution in [0.5, 0.6) is 0 Å². The van der Waals surface area contributed by atoms with Gasteiger partial charge in [-0.2, -0.15) is 0 Å². The van der Waals surface area contributed by atoms with E-state index in [1.807, 2.05) is 11.8 Å². The summed E-state index contributed by atoms with van der Waals surface area (Å²) in [6.45, 7) is 6.85. The zero-order valence-corrected chi connectivity index (χ0v) is 11.0. The lowest BCUT2D eigenvalue weighted by Crippen LogP contribution is -2.48. The highest BCUT2D eigenvalue weighted by atomic mass is 35.5. The summed E-state index contributed by atoms with van der Waals surface area (Å²) in [4.78, 5) is 13.6. The van der Waals surface area contributed by atoms with Crippen LogP contribution in [-0.4, -0.2) is 43.2 Å². The van der Waals surface area contributed by atoms with Crippen LogP contribution in [0.3, 0.4) is 0 Å². The number of likely N-dealkylation sites (tertiary alicyclic amines) is 1. The maximum absolute atomic E-state index is 11.7. The van der Waals surface area contributed by atoms with Gasteiger partial charge >= 0.3 is 0 Å². The van der Waals surface area contributed by atoms with Crippen LogP contribution in [-0.2, 0) is 9.53 Å². The summed E-state index contributed by atoms with van der Waals surface area (Å²) in [5, 5.41) is 0. The van der Waals surface area contributed by atoms with E-state index in [1.165, 1.54) is 0 Å². The Morgan fingerprint density at radius 2 is 2.25 bits per heavy atom. The molecule has 0 radical (unpaired) electrons. The third kappa shape index (κ3) is 4.68. The third-order valence-electron chi connectivity index (χ3n) is 2.99. The second-order valence-electron chi connectivity index (χ2n) is 4.22. The van der Waals surface area contributed by atoms with E-state index in [-0.39, 0.29) is 24.4 Å². The van der Waals surface area contributed by atoms with Crippen molar-refractivity contribution in [2.24, 2.45) is 11.7 Å². The zero-order chi connectivity index (χ0) is 11.3. The maximum atomic E-state index is 11.7. The summed E-state index contributed by atoms with van der Waals surface area (Å²) < 4.78 is 5.17. The van der Waals surface area contributed by atoms with Crippen molar-refractivity contribution in [2.75, 3.05) is 26.3 Å². The number of hydrogen-bond acceptors (Lipinski definition) is 3. The molecule has 1 fully saturated rings. The van der Waals surface area contributed by atoms with Gasteiger partial charge in [-0.15, -0.1) is 12.4 Å². The Morgan fingerprint density at radius 3 is 2.81 bits per heavy atom. The number of halogens is 1. The molecule has 0 aromatic carbocycles. The average Bonchev–Trinajstić information content (AvgIpc) is 2.22. The van der Waals surface area contributed by atoms with Crippen molar-refractivity contribution < 1.29 is 9.53 Å². The Bertz CT molecular complexity index is 214. The van der Waals surface area contributed by atoms with E-state index >= 15 is 0 Å². The van der Waals surface area contributed by atoms with Gasteiger partial charge in [-0.05, 0) is 19.3 Å². The minimum Gasteiger partial charge on any atom is -0.381 e. The SMILES string of the molecule is CCOCCC(=O)N1CCC(N)C(C)C1.Cl. The summed E-state index contributed by atoms with van der Waals surface area (Å²) in [6.07, 6.45) is 1.41. The van der Waals surface area contributed by atoms with E-state index < -0.39 is 0 Å². The topological polar surface area (TPSA) is 55.6 Å². The molecule has 2 N–H and O–H groups in total. The molecular formula is C11H23ClN2O2. The van der Waals surface area contributed by atoms with E-state index in [4.69, 9.17) is 10.5 Å². The van der Waals surface area contributed by atoms with Crippen LogP contribution in [0.2, 0.25) is 0 Å². The van der Waals surface area contributed by atoms with E-state index in [1.54, 1.807) is 0 Å². The Labute approximate surface area is 104 Å². The molecule has 96 valence electrons. The fourth-order valence-electron chi connectivity index (χ4n) is 1.85. The van der Waals surface area contributed by atoms with E-state index in [2.05, 4.69) is 6.92 Å². The quantitative estimate of drug-likeness (QED) is 0.759. The Balaban J connectivity index is 0.00000225. The van der Waals surface area contributed by atoms with Gasteiger partial charge in [0.15, 0.2) is 0 Å². The first-order valence-electron chi connectivity index (χ1n) is 5.76. The lowest BCUT2D eigenvalue weighted by atomic mass is 9.95. The van der Waals surface area contributed by atoms with Gasteiger partial charge in [-0.1, -0.05) is 6.92 Å². The molecule has 1 aliphatic rings. The van der Waals surface area contributed by atoms with E-state index in [0.29, 0.717) is 25.6 Å². The largest absolute Gasteiger partial charge is 0.381 e. The van der Waals surface area contributed by atoms with Crippen molar-refractivity contribution in [3.8, 4) is 0 Å². The molecule has 1 saturated heterocycles. The molecule has 4 nitrogen and oxygen atoms in total. The number of carbonyl (C=O) groups is 1. The van der Waals surface area contributed by atoms with Gasteiger partial charge in [0.2, 0.25) is 5.91 Å². The molecule has 5 heteroatoms. The molecule has 0 spiro atoms. The Hall–Kier alpha value is -0.320. The predicted molar refractivity (Wildman–Crippen MR) is 66.7 cm³/mol. The number of nitrogens with two attached hydrogens (primary N) is 1. The fraction of sp³-hybridized carbons (Fsp3) is 0.909. The van der Waals surface area contributed by atoms with Gasteiger partial charge < -0.3 is 15.4 Å². The lowest BCUT2D eigenvalue weighted by molar-refractivity contribution is -0.134.